The van der Waals surface area contributed by atoms with Gasteiger partial charge in [-0.3, -0.25) is 19.2 Å². The van der Waals surface area contributed by atoms with Gasteiger partial charge in [0, 0.05) is 12.8 Å². The summed E-state index contributed by atoms with van der Waals surface area (Å²) in [5.41, 5.74) is 12.8. The van der Waals surface area contributed by atoms with Gasteiger partial charge in [-0.15, -0.1) is 0 Å². The van der Waals surface area contributed by atoms with Gasteiger partial charge in [-0.25, -0.2) is 4.79 Å². The lowest BCUT2D eigenvalue weighted by Crippen LogP contribution is -2.60. The minimum absolute atomic E-state index is 0.0537. The average molecular weight is 625 g/mol. The van der Waals surface area contributed by atoms with Gasteiger partial charge in [0.15, 0.2) is 0 Å². The van der Waals surface area contributed by atoms with Gasteiger partial charge < -0.3 is 37.8 Å². The molecule has 12 nitrogen and oxygen atoms in total. The molecule has 4 amide bonds. The molecule has 0 bridgehead atoms. The van der Waals surface area contributed by atoms with Crippen molar-refractivity contribution >= 4 is 29.6 Å². The second kappa shape index (κ2) is 19.2. The standard InChI is InChI=1S/C33H48N6O6/c1-4-21(2)28(39-30(41)25(17-11-12-18-34)36-29(40)22(3)35)32(43)37-26(19-23-13-7-5-8-14-23)31(42)38-27(33(44)45)20-24-15-9-6-10-16-24/h5-10,13-16,21-22,25-28H,4,11-12,17-20,34-35H2,1-3H3,(H,36,40)(H,37,43)(H,38,42)(H,39,41)(H,44,45)/t21-,22-,25-,26-,27-,28-/m0/s1. The fourth-order valence-electron chi connectivity index (χ4n) is 4.66. The predicted molar refractivity (Wildman–Crippen MR) is 172 cm³/mol. The average Bonchev–Trinajstić information content (AvgIpc) is 3.02. The monoisotopic (exact) mass is 624 g/mol. The minimum Gasteiger partial charge on any atom is -0.480 e. The lowest BCUT2D eigenvalue weighted by Gasteiger charge is -2.29. The third kappa shape index (κ3) is 12.7. The Labute approximate surface area is 265 Å². The van der Waals surface area contributed by atoms with Gasteiger partial charge in [-0.05, 0) is 49.8 Å². The van der Waals surface area contributed by atoms with E-state index < -0.39 is 59.8 Å². The molecule has 0 aliphatic rings. The predicted octanol–water partition coefficient (Wildman–Crippen LogP) is 1.02. The molecule has 0 saturated carbocycles. The quantitative estimate of drug-likeness (QED) is 0.112. The summed E-state index contributed by atoms with van der Waals surface area (Å²) in [6.45, 7) is 5.59. The maximum absolute atomic E-state index is 13.8. The maximum atomic E-state index is 13.8. The summed E-state index contributed by atoms with van der Waals surface area (Å²) in [7, 11) is 0. The molecule has 0 aromatic heterocycles. The molecular weight excluding hydrogens is 576 g/mol. The van der Waals surface area contributed by atoms with Crippen LogP contribution in [0, 0.1) is 5.92 Å². The Morgan fingerprint density at radius 2 is 1.18 bits per heavy atom. The van der Waals surface area contributed by atoms with Crippen LogP contribution in [0.5, 0.6) is 0 Å². The lowest BCUT2D eigenvalue weighted by atomic mass is 9.96. The van der Waals surface area contributed by atoms with Crippen LogP contribution in [0.3, 0.4) is 0 Å². The molecule has 0 fully saturated rings. The SMILES string of the molecule is CC[C@H](C)[C@H](NC(=O)[C@H](CCCCN)NC(=O)[C@H](C)N)C(=O)N[C@@H](Cc1ccccc1)C(=O)N[C@@H](Cc1ccccc1)C(=O)O. The first-order chi connectivity index (χ1) is 21.5. The second-order valence-corrected chi connectivity index (χ2v) is 11.3. The van der Waals surface area contributed by atoms with E-state index in [-0.39, 0.29) is 18.8 Å². The molecule has 6 atom stereocenters. The summed E-state index contributed by atoms with van der Waals surface area (Å²) in [4.78, 5) is 65.2. The van der Waals surface area contributed by atoms with Crippen molar-refractivity contribution in [3.63, 3.8) is 0 Å². The number of unbranched alkanes of at least 4 members (excludes halogenated alkanes) is 1. The second-order valence-electron chi connectivity index (χ2n) is 11.3. The van der Waals surface area contributed by atoms with Gasteiger partial charge in [0.05, 0.1) is 6.04 Å². The zero-order valence-corrected chi connectivity index (χ0v) is 26.3. The summed E-state index contributed by atoms with van der Waals surface area (Å²) >= 11 is 0. The normalized spacial score (nSPS) is 15.0. The third-order valence-corrected chi connectivity index (χ3v) is 7.60. The minimum atomic E-state index is -1.23. The van der Waals surface area contributed by atoms with Crippen LogP contribution >= 0.6 is 0 Å². The van der Waals surface area contributed by atoms with Crippen molar-refractivity contribution in [1.82, 2.24) is 21.3 Å². The highest BCUT2D eigenvalue weighted by atomic mass is 16.4. The summed E-state index contributed by atoms with van der Waals surface area (Å²) in [6.07, 6.45) is 2.18. The molecule has 2 aromatic carbocycles. The molecule has 0 heterocycles. The molecule has 12 heteroatoms. The van der Waals surface area contributed by atoms with Crippen molar-refractivity contribution in [3.8, 4) is 0 Å². The van der Waals surface area contributed by atoms with E-state index >= 15 is 0 Å². The first-order valence-electron chi connectivity index (χ1n) is 15.4. The Morgan fingerprint density at radius 3 is 1.67 bits per heavy atom. The third-order valence-electron chi connectivity index (χ3n) is 7.60. The number of hydrogen-bond acceptors (Lipinski definition) is 7. The molecule has 0 radical (unpaired) electrons. The Kier molecular flexibility index (Phi) is 15.7. The smallest absolute Gasteiger partial charge is 0.326 e. The van der Waals surface area contributed by atoms with E-state index in [0.717, 1.165) is 11.1 Å². The molecule has 0 saturated heterocycles. The Bertz CT molecular complexity index is 1240. The molecular formula is C33H48N6O6. The highest BCUT2D eigenvalue weighted by Crippen LogP contribution is 2.12. The Balaban J connectivity index is 2.29. The number of benzene rings is 2. The Hall–Kier alpha value is -4.29. The van der Waals surface area contributed by atoms with Crippen LogP contribution in [0.1, 0.15) is 57.6 Å². The van der Waals surface area contributed by atoms with E-state index in [1.807, 2.05) is 19.1 Å². The molecule has 0 unspecified atom stereocenters. The number of carbonyl (C=O) groups excluding carboxylic acids is 4. The van der Waals surface area contributed by atoms with Gasteiger partial charge in [-0.1, -0.05) is 80.9 Å². The van der Waals surface area contributed by atoms with E-state index in [1.54, 1.807) is 55.5 Å². The van der Waals surface area contributed by atoms with E-state index in [2.05, 4.69) is 21.3 Å². The van der Waals surface area contributed by atoms with Gasteiger partial charge in [0.1, 0.15) is 24.2 Å². The van der Waals surface area contributed by atoms with Crippen LogP contribution in [0.2, 0.25) is 0 Å². The number of carboxylic acid groups (broad SMARTS) is 1. The van der Waals surface area contributed by atoms with Crippen molar-refractivity contribution in [2.75, 3.05) is 6.54 Å². The lowest BCUT2D eigenvalue weighted by molar-refractivity contribution is -0.142. The van der Waals surface area contributed by atoms with Crippen LogP contribution in [0.4, 0.5) is 0 Å². The highest BCUT2D eigenvalue weighted by Gasteiger charge is 2.33. The van der Waals surface area contributed by atoms with Crippen molar-refractivity contribution in [1.29, 1.82) is 0 Å². The van der Waals surface area contributed by atoms with Crippen LogP contribution < -0.4 is 32.7 Å². The van der Waals surface area contributed by atoms with Crippen LogP contribution in [-0.4, -0.2) is 71.5 Å². The fourth-order valence-corrected chi connectivity index (χ4v) is 4.66. The maximum Gasteiger partial charge on any atom is 0.326 e. The number of carbonyl (C=O) groups is 5. The van der Waals surface area contributed by atoms with Crippen molar-refractivity contribution in [2.45, 2.75) is 89.5 Å². The topological polar surface area (TPSA) is 206 Å². The first kappa shape index (κ1) is 36.9. The molecule has 0 aliphatic carbocycles. The zero-order valence-electron chi connectivity index (χ0n) is 26.3. The number of amides is 4. The fraction of sp³-hybridized carbons (Fsp3) is 0.485. The van der Waals surface area contributed by atoms with E-state index in [0.29, 0.717) is 32.2 Å². The van der Waals surface area contributed by atoms with Gasteiger partial charge in [-0.2, -0.15) is 0 Å². The van der Waals surface area contributed by atoms with Crippen LogP contribution in [-0.2, 0) is 36.8 Å². The van der Waals surface area contributed by atoms with Crippen molar-refractivity contribution in [2.24, 2.45) is 17.4 Å². The first-order valence-corrected chi connectivity index (χ1v) is 15.4. The van der Waals surface area contributed by atoms with E-state index in [9.17, 15) is 29.1 Å². The number of carboxylic acids is 1. The molecule has 0 spiro atoms. The molecule has 9 N–H and O–H groups in total. The number of rotatable bonds is 19. The van der Waals surface area contributed by atoms with Crippen LogP contribution in [0.15, 0.2) is 60.7 Å². The zero-order chi connectivity index (χ0) is 33.4. The van der Waals surface area contributed by atoms with Crippen LogP contribution in [0.25, 0.3) is 0 Å². The summed E-state index contributed by atoms with van der Waals surface area (Å²) in [5, 5.41) is 20.6. The summed E-state index contributed by atoms with van der Waals surface area (Å²) in [5.74, 6) is -3.89. The molecule has 45 heavy (non-hydrogen) atoms. The number of nitrogens with two attached hydrogens (primary N) is 2. The molecule has 246 valence electrons. The molecule has 2 aromatic rings. The number of hydrogen-bond donors (Lipinski definition) is 7. The van der Waals surface area contributed by atoms with Gasteiger partial charge >= 0.3 is 5.97 Å². The van der Waals surface area contributed by atoms with Crippen molar-refractivity contribution < 1.29 is 29.1 Å². The van der Waals surface area contributed by atoms with Crippen molar-refractivity contribution in [3.05, 3.63) is 71.8 Å². The molecule has 2 rings (SSSR count). The number of nitrogens with one attached hydrogen (secondary N) is 4. The summed E-state index contributed by atoms with van der Waals surface area (Å²) < 4.78 is 0. The summed E-state index contributed by atoms with van der Waals surface area (Å²) in [6, 6.07) is 12.7. The highest BCUT2D eigenvalue weighted by molar-refractivity contribution is 5.95. The Morgan fingerprint density at radius 1 is 0.689 bits per heavy atom. The number of aliphatic carboxylic acids is 1. The molecule has 0 aliphatic heterocycles. The van der Waals surface area contributed by atoms with Gasteiger partial charge in [0.2, 0.25) is 23.6 Å². The van der Waals surface area contributed by atoms with E-state index in [4.69, 9.17) is 11.5 Å². The van der Waals surface area contributed by atoms with E-state index in [1.165, 1.54) is 6.92 Å². The largest absolute Gasteiger partial charge is 0.480 e. The van der Waals surface area contributed by atoms with Gasteiger partial charge in [0.25, 0.3) is 0 Å².